The van der Waals surface area contributed by atoms with E-state index in [0.29, 0.717) is 17.2 Å². The summed E-state index contributed by atoms with van der Waals surface area (Å²) >= 11 is 0. The van der Waals surface area contributed by atoms with Gasteiger partial charge >= 0.3 is 0 Å². The van der Waals surface area contributed by atoms with E-state index in [1.807, 2.05) is 0 Å². The summed E-state index contributed by atoms with van der Waals surface area (Å²) in [4.78, 5) is 0. The molecule has 7 nitrogen and oxygen atoms in total. The van der Waals surface area contributed by atoms with Gasteiger partial charge in [0.25, 0.3) is 0 Å². The van der Waals surface area contributed by atoms with Crippen molar-refractivity contribution >= 4 is 12.2 Å². The lowest BCUT2D eigenvalue weighted by molar-refractivity contribution is 0.171. The summed E-state index contributed by atoms with van der Waals surface area (Å²) in [6.07, 6.45) is 1.49. The lowest BCUT2D eigenvalue weighted by Crippen LogP contribution is -2.21. The third-order valence-corrected chi connectivity index (χ3v) is 2.06. The van der Waals surface area contributed by atoms with E-state index in [1.54, 1.807) is 19.2 Å². The van der Waals surface area contributed by atoms with Crippen molar-refractivity contribution in [1.82, 2.24) is 0 Å². The average molecular weight is 236 g/mol. The van der Waals surface area contributed by atoms with Crippen LogP contribution in [-0.2, 0) is 0 Å². The van der Waals surface area contributed by atoms with Crippen LogP contribution in [0.4, 0.5) is 0 Å². The Hall–Kier alpha value is -2.44. The molecule has 0 fully saturated rings. The van der Waals surface area contributed by atoms with Gasteiger partial charge in [-0.2, -0.15) is 5.10 Å². The fourth-order valence-corrected chi connectivity index (χ4v) is 1.39. The normalized spacial score (nSPS) is 12.8. The third-order valence-electron chi connectivity index (χ3n) is 2.06. The monoisotopic (exact) mass is 236 g/mol. The third kappa shape index (κ3) is 2.39. The zero-order valence-electron chi connectivity index (χ0n) is 9.21. The molecular formula is C10H12N4O3. The molecule has 1 aromatic rings. The topological polar surface area (TPSA) is 104 Å². The van der Waals surface area contributed by atoms with Gasteiger partial charge in [0, 0.05) is 5.56 Å². The second-order valence-electron chi connectivity index (χ2n) is 3.23. The summed E-state index contributed by atoms with van der Waals surface area (Å²) in [5.41, 5.74) is 11.0. The minimum absolute atomic E-state index is 0.103. The number of ether oxygens (including phenoxy) is 3. The van der Waals surface area contributed by atoms with Crippen molar-refractivity contribution < 1.29 is 14.2 Å². The minimum Gasteiger partial charge on any atom is -0.493 e. The summed E-state index contributed by atoms with van der Waals surface area (Å²) in [5.74, 6) is 1.67. The molecule has 0 spiro atoms. The van der Waals surface area contributed by atoms with Crippen molar-refractivity contribution in [2.24, 2.45) is 21.7 Å². The summed E-state index contributed by atoms with van der Waals surface area (Å²) < 4.78 is 15.7. The van der Waals surface area contributed by atoms with Gasteiger partial charge in [0.05, 0.1) is 13.3 Å². The molecule has 0 bridgehead atoms. The fraction of sp³-hybridized carbons (Fsp3) is 0.200. The van der Waals surface area contributed by atoms with Crippen LogP contribution in [0.1, 0.15) is 5.56 Å². The summed E-state index contributed by atoms with van der Waals surface area (Å²) in [6.45, 7) is 0.181. The molecule has 0 saturated heterocycles. The van der Waals surface area contributed by atoms with Crippen molar-refractivity contribution in [2.45, 2.75) is 0 Å². The summed E-state index contributed by atoms with van der Waals surface area (Å²) in [5, 5.41) is 7.20. The molecule has 4 N–H and O–H groups in total. The Morgan fingerprint density at radius 3 is 2.94 bits per heavy atom. The molecule has 0 unspecified atom stereocenters. The van der Waals surface area contributed by atoms with E-state index in [1.165, 1.54) is 6.21 Å². The van der Waals surface area contributed by atoms with Crippen molar-refractivity contribution in [3.63, 3.8) is 0 Å². The van der Waals surface area contributed by atoms with Crippen LogP contribution in [-0.4, -0.2) is 26.1 Å². The van der Waals surface area contributed by atoms with E-state index in [2.05, 4.69) is 10.2 Å². The minimum atomic E-state index is -0.103. The van der Waals surface area contributed by atoms with Gasteiger partial charge in [-0.1, -0.05) is 0 Å². The van der Waals surface area contributed by atoms with Crippen molar-refractivity contribution in [3.8, 4) is 17.2 Å². The van der Waals surface area contributed by atoms with Gasteiger partial charge in [-0.05, 0) is 12.1 Å². The molecule has 1 aromatic carbocycles. The molecule has 0 aromatic heterocycles. The highest BCUT2D eigenvalue weighted by atomic mass is 16.7. The quantitative estimate of drug-likeness (QED) is 0.437. The molecule has 7 heteroatoms. The number of hydrogen-bond donors (Lipinski definition) is 2. The van der Waals surface area contributed by atoms with Crippen LogP contribution < -0.4 is 25.7 Å². The van der Waals surface area contributed by atoms with Crippen molar-refractivity contribution in [3.05, 3.63) is 17.7 Å². The molecule has 0 amide bonds. The number of fused-ring (bicyclic) bond motifs is 1. The van der Waals surface area contributed by atoms with Gasteiger partial charge < -0.3 is 25.7 Å². The van der Waals surface area contributed by atoms with Crippen LogP contribution in [0, 0.1) is 0 Å². The van der Waals surface area contributed by atoms with E-state index in [9.17, 15) is 0 Å². The predicted molar refractivity (Wildman–Crippen MR) is 62.5 cm³/mol. The second-order valence-corrected chi connectivity index (χ2v) is 3.23. The average Bonchev–Trinajstić information content (AvgIpc) is 2.75. The van der Waals surface area contributed by atoms with Crippen LogP contribution >= 0.6 is 0 Å². The first kappa shape index (κ1) is 11.1. The highest BCUT2D eigenvalue weighted by Gasteiger charge is 2.19. The predicted octanol–water partition coefficient (Wildman–Crippen LogP) is 0.0312. The highest BCUT2D eigenvalue weighted by molar-refractivity contribution is 5.83. The van der Waals surface area contributed by atoms with Gasteiger partial charge in [0.15, 0.2) is 11.5 Å². The van der Waals surface area contributed by atoms with Gasteiger partial charge in [-0.15, -0.1) is 5.10 Å². The first-order valence-electron chi connectivity index (χ1n) is 4.80. The largest absolute Gasteiger partial charge is 0.493 e. The van der Waals surface area contributed by atoms with E-state index in [-0.39, 0.29) is 12.8 Å². The van der Waals surface area contributed by atoms with Gasteiger partial charge in [0.1, 0.15) is 0 Å². The van der Waals surface area contributed by atoms with Gasteiger partial charge in [0.2, 0.25) is 18.5 Å². The van der Waals surface area contributed by atoms with Gasteiger partial charge in [-0.3, -0.25) is 0 Å². The second kappa shape index (κ2) is 4.60. The molecule has 0 aliphatic carbocycles. The van der Waals surface area contributed by atoms with E-state index >= 15 is 0 Å². The number of methoxy groups -OCH3 is 1. The Morgan fingerprint density at radius 1 is 1.41 bits per heavy atom. The lowest BCUT2D eigenvalue weighted by atomic mass is 10.2. The van der Waals surface area contributed by atoms with Crippen LogP contribution in [0.25, 0.3) is 0 Å². The SMILES string of the molecule is COc1cc(/C=N/N=C(N)N)cc2c1OCO2. The van der Waals surface area contributed by atoms with E-state index < -0.39 is 0 Å². The number of nitrogens with zero attached hydrogens (tertiary/aromatic N) is 2. The highest BCUT2D eigenvalue weighted by Crippen LogP contribution is 2.41. The molecule has 1 aliphatic rings. The molecule has 2 rings (SSSR count). The number of hydrogen-bond acceptors (Lipinski definition) is 5. The number of rotatable bonds is 3. The summed E-state index contributed by atoms with van der Waals surface area (Å²) in [7, 11) is 1.55. The van der Waals surface area contributed by atoms with Crippen LogP contribution in [0.2, 0.25) is 0 Å². The van der Waals surface area contributed by atoms with Crippen LogP contribution in [0.3, 0.4) is 0 Å². The maximum atomic E-state index is 5.26. The Morgan fingerprint density at radius 2 is 2.24 bits per heavy atom. The zero-order valence-corrected chi connectivity index (χ0v) is 9.21. The Bertz CT molecular complexity index is 481. The Balaban J connectivity index is 2.30. The van der Waals surface area contributed by atoms with Crippen molar-refractivity contribution in [1.29, 1.82) is 0 Å². The number of benzene rings is 1. The smallest absolute Gasteiger partial charge is 0.231 e. The zero-order chi connectivity index (χ0) is 12.3. The Kier molecular flexibility index (Phi) is 2.99. The van der Waals surface area contributed by atoms with Crippen LogP contribution in [0.15, 0.2) is 22.3 Å². The molecule has 1 aliphatic heterocycles. The molecule has 0 radical (unpaired) electrons. The number of guanidine groups is 1. The standard InChI is InChI=1S/C10H12N4O3/c1-15-7-2-6(4-13-14-10(11)12)3-8-9(7)17-5-16-8/h2-4H,5H2,1H3,(H4,11,12,14)/b13-4+. The molecule has 0 atom stereocenters. The molecule has 1 heterocycles. The maximum absolute atomic E-state index is 5.26. The summed E-state index contributed by atoms with van der Waals surface area (Å²) in [6, 6.07) is 3.51. The van der Waals surface area contributed by atoms with E-state index in [4.69, 9.17) is 25.7 Å². The van der Waals surface area contributed by atoms with Crippen molar-refractivity contribution in [2.75, 3.05) is 13.9 Å². The molecule has 90 valence electrons. The molecule has 17 heavy (non-hydrogen) atoms. The Labute approximate surface area is 97.7 Å². The van der Waals surface area contributed by atoms with Crippen LogP contribution in [0.5, 0.6) is 17.2 Å². The first-order valence-corrected chi connectivity index (χ1v) is 4.80. The first-order chi connectivity index (χ1) is 8.20. The van der Waals surface area contributed by atoms with E-state index in [0.717, 1.165) is 5.56 Å². The molecular weight excluding hydrogens is 224 g/mol. The number of nitrogens with two attached hydrogens (primary N) is 2. The maximum Gasteiger partial charge on any atom is 0.231 e. The fourth-order valence-electron chi connectivity index (χ4n) is 1.39. The molecule has 0 saturated carbocycles. The lowest BCUT2D eigenvalue weighted by Gasteiger charge is -2.05. The van der Waals surface area contributed by atoms with Gasteiger partial charge in [-0.25, -0.2) is 0 Å².